The van der Waals surface area contributed by atoms with Crippen molar-refractivity contribution < 1.29 is 4.74 Å². The van der Waals surface area contributed by atoms with Crippen molar-refractivity contribution in [1.82, 2.24) is 29.6 Å². The average Bonchev–Trinajstić information content (AvgIpc) is 3.02. The van der Waals surface area contributed by atoms with Crippen LogP contribution in [-0.2, 0) is 18.3 Å². The highest BCUT2D eigenvalue weighted by Crippen LogP contribution is 2.16. The summed E-state index contributed by atoms with van der Waals surface area (Å²) in [5.41, 5.74) is 1.12. The van der Waals surface area contributed by atoms with Crippen LogP contribution in [0.25, 0.3) is 0 Å². The maximum absolute atomic E-state index is 5.01. The summed E-state index contributed by atoms with van der Waals surface area (Å²) in [6, 6.07) is 0.106. The predicted octanol–water partition coefficient (Wildman–Crippen LogP) is 0.357. The Balaban J connectivity index is 2.04. The zero-order valence-electron chi connectivity index (χ0n) is 11.6. The first kappa shape index (κ1) is 13.7. The molecule has 0 saturated carbocycles. The van der Waals surface area contributed by atoms with Crippen molar-refractivity contribution in [3.05, 3.63) is 30.4 Å². The molecule has 0 amide bonds. The van der Waals surface area contributed by atoms with Crippen molar-refractivity contribution in [3.63, 3.8) is 0 Å². The lowest BCUT2D eigenvalue weighted by Gasteiger charge is -2.16. The molecule has 0 bridgehead atoms. The second kappa shape index (κ2) is 6.44. The summed E-state index contributed by atoms with van der Waals surface area (Å²) in [4.78, 5) is 4.22. The zero-order valence-corrected chi connectivity index (χ0v) is 11.6. The Labute approximate surface area is 112 Å². The van der Waals surface area contributed by atoms with Crippen LogP contribution in [0.5, 0.6) is 0 Å². The van der Waals surface area contributed by atoms with E-state index in [1.807, 2.05) is 24.1 Å². The highest BCUT2D eigenvalue weighted by molar-refractivity contribution is 5.05. The normalized spacial score (nSPS) is 12.8. The van der Waals surface area contributed by atoms with Crippen LogP contribution in [0, 0.1) is 0 Å². The molecule has 2 rings (SSSR count). The number of aryl methyl sites for hydroxylation is 1. The molecule has 1 unspecified atom stereocenters. The minimum atomic E-state index is 0.106. The maximum Gasteiger partial charge on any atom is 0.155 e. The standard InChI is InChI=1S/C12H20N6O/c1-10(12-16-15-9-17(12)2)18-8-14-7-11(18)6-13-4-5-19-3/h7-10,13H,4-6H2,1-3H3. The molecular weight excluding hydrogens is 244 g/mol. The highest BCUT2D eigenvalue weighted by Gasteiger charge is 2.15. The molecule has 0 aliphatic rings. The first-order chi connectivity index (χ1) is 9.24. The lowest BCUT2D eigenvalue weighted by molar-refractivity contribution is 0.199. The van der Waals surface area contributed by atoms with E-state index in [0.29, 0.717) is 6.61 Å². The van der Waals surface area contributed by atoms with Crippen LogP contribution in [-0.4, -0.2) is 44.6 Å². The van der Waals surface area contributed by atoms with E-state index in [9.17, 15) is 0 Å². The molecule has 0 spiro atoms. The minimum absolute atomic E-state index is 0.106. The number of hydrogen-bond donors (Lipinski definition) is 1. The first-order valence-corrected chi connectivity index (χ1v) is 6.28. The van der Waals surface area contributed by atoms with Gasteiger partial charge < -0.3 is 19.2 Å². The van der Waals surface area contributed by atoms with Crippen molar-refractivity contribution in [2.75, 3.05) is 20.3 Å². The van der Waals surface area contributed by atoms with Gasteiger partial charge in [-0.1, -0.05) is 0 Å². The molecule has 1 N–H and O–H groups in total. The Hall–Kier alpha value is -1.73. The first-order valence-electron chi connectivity index (χ1n) is 6.28. The van der Waals surface area contributed by atoms with Crippen LogP contribution in [0.1, 0.15) is 24.5 Å². The summed E-state index contributed by atoms with van der Waals surface area (Å²) in [6.45, 7) is 4.36. The second-order valence-electron chi connectivity index (χ2n) is 4.44. The predicted molar refractivity (Wildman–Crippen MR) is 70.6 cm³/mol. The summed E-state index contributed by atoms with van der Waals surface area (Å²) in [6.07, 6.45) is 5.40. The number of aromatic nitrogens is 5. The summed E-state index contributed by atoms with van der Waals surface area (Å²) in [5, 5.41) is 11.4. The Morgan fingerprint density at radius 2 is 2.26 bits per heavy atom. The number of hydrogen-bond acceptors (Lipinski definition) is 5. The van der Waals surface area contributed by atoms with Crippen molar-refractivity contribution in [2.24, 2.45) is 7.05 Å². The van der Waals surface area contributed by atoms with Gasteiger partial charge in [0.2, 0.25) is 0 Å². The van der Waals surface area contributed by atoms with E-state index in [1.54, 1.807) is 13.4 Å². The van der Waals surface area contributed by atoms with Gasteiger partial charge in [0.15, 0.2) is 5.82 Å². The van der Waals surface area contributed by atoms with Crippen LogP contribution in [0.15, 0.2) is 18.9 Å². The SMILES string of the molecule is COCCNCc1cncn1C(C)c1nncn1C. The van der Waals surface area contributed by atoms with Gasteiger partial charge in [0, 0.05) is 33.4 Å². The fraction of sp³-hybridized carbons (Fsp3) is 0.583. The third-order valence-electron chi connectivity index (χ3n) is 3.07. The largest absolute Gasteiger partial charge is 0.383 e. The molecule has 0 aromatic carbocycles. The fourth-order valence-electron chi connectivity index (χ4n) is 2.00. The molecule has 2 aromatic heterocycles. The van der Waals surface area contributed by atoms with E-state index in [0.717, 1.165) is 24.6 Å². The number of imidazole rings is 1. The quantitative estimate of drug-likeness (QED) is 0.731. The number of nitrogens with one attached hydrogen (secondary N) is 1. The van der Waals surface area contributed by atoms with Crippen molar-refractivity contribution in [1.29, 1.82) is 0 Å². The third kappa shape index (κ3) is 3.18. The van der Waals surface area contributed by atoms with Gasteiger partial charge in [0.25, 0.3) is 0 Å². The zero-order chi connectivity index (χ0) is 13.7. The molecule has 19 heavy (non-hydrogen) atoms. The summed E-state index contributed by atoms with van der Waals surface area (Å²) in [5.74, 6) is 0.913. The van der Waals surface area contributed by atoms with Crippen molar-refractivity contribution in [2.45, 2.75) is 19.5 Å². The van der Waals surface area contributed by atoms with E-state index in [-0.39, 0.29) is 6.04 Å². The Bertz CT molecular complexity index is 506. The molecule has 0 aliphatic heterocycles. The van der Waals surface area contributed by atoms with Crippen LogP contribution < -0.4 is 5.32 Å². The fourth-order valence-corrected chi connectivity index (χ4v) is 2.00. The summed E-state index contributed by atoms with van der Waals surface area (Å²) >= 11 is 0. The Morgan fingerprint density at radius 1 is 1.42 bits per heavy atom. The summed E-state index contributed by atoms with van der Waals surface area (Å²) < 4.78 is 9.03. The number of rotatable bonds is 7. The Kier molecular flexibility index (Phi) is 4.64. The lowest BCUT2D eigenvalue weighted by Crippen LogP contribution is -2.22. The third-order valence-corrected chi connectivity index (χ3v) is 3.07. The molecule has 0 aliphatic carbocycles. The van der Waals surface area contributed by atoms with Gasteiger partial charge >= 0.3 is 0 Å². The smallest absolute Gasteiger partial charge is 0.155 e. The molecule has 2 aromatic rings. The van der Waals surface area contributed by atoms with Crippen LogP contribution >= 0.6 is 0 Å². The molecule has 7 nitrogen and oxygen atoms in total. The molecule has 0 saturated heterocycles. The average molecular weight is 264 g/mol. The van der Waals surface area contributed by atoms with Crippen LogP contribution in [0.2, 0.25) is 0 Å². The van der Waals surface area contributed by atoms with Crippen molar-refractivity contribution >= 4 is 0 Å². The van der Waals surface area contributed by atoms with E-state index in [2.05, 4.69) is 32.0 Å². The summed E-state index contributed by atoms with van der Waals surface area (Å²) in [7, 11) is 3.64. The topological polar surface area (TPSA) is 69.8 Å². The van der Waals surface area contributed by atoms with Gasteiger partial charge in [-0.25, -0.2) is 4.98 Å². The van der Waals surface area contributed by atoms with E-state index in [1.165, 1.54) is 0 Å². The molecular formula is C12H20N6O. The number of ether oxygens (including phenoxy) is 1. The molecule has 1 atom stereocenters. The van der Waals surface area contributed by atoms with Gasteiger partial charge in [-0.2, -0.15) is 0 Å². The highest BCUT2D eigenvalue weighted by atomic mass is 16.5. The molecule has 0 radical (unpaired) electrons. The van der Waals surface area contributed by atoms with E-state index in [4.69, 9.17) is 4.74 Å². The van der Waals surface area contributed by atoms with Gasteiger partial charge in [-0.3, -0.25) is 0 Å². The number of nitrogens with zero attached hydrogens (tertiary/aromatic N) is 5. The monoisotopic (exact) mass is 264 g/mol. The van der Waals surface area contributed by atoms with E-state index >= 15 is 0 Å². The lowest BCUT2D eigenvalue weighted by atomic mass is 10.3. The van der Waals surface area contributed by atoms with Gasteiger partial charge in [0.05, 0.1) is 24.7 Å². The van der Waals surface area contributed by atoms with Gasteiger partial charge in [-0.15, -0.1) is 10.2 Å². The number of methoxy groups -OCH3 is 1. The molecule has 0 fully saturated rings. The molecule has 7 heteroatoms. The second-order valence-corrected chi connectivity index (χ2v) is 4.44. The minimum Gasteiger partial charge on any atom is -0.383 e. The van der Waals surface area contributed by atoms with Crippen LogP contribution in [0.3, 0.4) is 0 Å². The molecule has 104 valence electrons. The maximum atomic E-state index is 5.01. The van der Waals surface area contributed by atoms with Gasteiger partial charge in [0.1, 0.15) is 6.33 Å². The van der Waals surface area contributed by atoms with Crippen LogP contribution in [0.4, 0.5) is 0 Å². The van der Waals surface area contributed by atoms with Gasteiger partial charge in [-0.05, 0) is 6.92 Å². The van der Waals surface area contributed by atoms with Crippen molar-refractivity contribution in [3.8, 4) is 0 Å². The van der Waals surface area contributed by atoms with E-state index < -0.39 is 0 Å². The Morgan fingerprint density at radius 3 is 2.95 bits per heavy atom. The molecule has 2 heterocycles.